The van der Waals surface area contributed by atoms with E-state index in [2.05, 4.69) is 10.4 Å². The minimum absolute atomic E-state index is 0.0498. The van der Waals surface area contributed by atoms with E-state index >= 15 is 0 Å². The smallest absolute Gasteiger partial charge is 0.352 e. The third kappa shape index (κ3) is 5.40. The van der Waals surface area contributed by atoms with E-state index < -0.39 is 28.9 Å². The van der Waals surface area contributed by atoms with Gasteiger partial charge in [0.2, 0.25) is 0 Å². The molecule has 1 saturated carbocycles. The lowest BCUT2D eigenvalue weighted by Crippen LogP contribution is -2.43. The van der Waals surface area contributed by atoms with Crippen molar-refractivity contribution in [3.63, 3.8) is 0 Å². The zero-order chi connectivity index (χ0) is 22.6. The van der Waals surface area contributed by atoms with Crippen LogP contribution in [0.25, 0.3) is 5.69 Å². The predicted octanol–water partition coefficient (Wildman–Crippen LogP) is 0.0898. The molecule has 3 N–H and O–H groups in total. The van der Waals surface area contributed by atoms with Crippen LogP contribution in [0, 0.1) is 0 Å². The van der Waals surface area contributed by atoms with E-state index in [9.17, 15) is 24.6 Å². The summed E-state index contributed by atoms with van der Waals surface area (Å²) in [6.45, 7) is -0.216. The average molecular weight is 453 g/mol. The van der Waals surface area contributed by atoms with Crippen molar-refractivity contribution >= 4 is 17.5 Å². The van der Waals surface area contributed by atoms with Crippen LogP contribution in [-0.2, 0) is 11.3 Å². The average Bonchev–Trinajstić information content (AvgIpc) is 3.17. The maximum atomic E-state index is 12.8. The Hall–Kier alpha value is -2.53. The Morgan fingerprint density at radius 2 is 2.06 bits per heavy atom. The molecule has 1 aromatic carbocycles. The van der Waals surface area contributed by atoms with Gasteiger partial charge in [-0.3, -0.25) is 14.2 Å². The third-order valence-electron chi connectivity index (χ3n) is 5.27. The molecule has 31 heavy (non-hydrogen) atoms. The van der Waals surface area contributed by atoms with Crippen molar-refractivity contribution in [1.82, 2.24) is 19.7 Å². The normalized spacial score (nSPS) is 16.3. The first-order valence-electron chi connectivity index (χ1n) is 9.91. The summed E-state index contributed by atoms with van der Waals surface area (Å²) >= 11 is 6.18. The summed E-state index contributed by atoms with van der Waals surface area (Å²) in [6, 6.07) is 4.31. The quantitative estimate of drug-likeness (QED) is 0.516. The van der Waals surface area contributed by atoms with Gasteiger partial charge < -0.3 is 20.3 Å². The molecule has 0 aliphatic heterocycles. The summed E-state index contributed by atoms with van der Waals surface area (Å²) in [5.74, 6) is -0.496. The molecule has 1 atom stereocenters. The van der Waals surface area contributed by atoms with Crippen molar-refractivity contribution in [2.45, 2.75) is 43.9 Å². The predicted molar refractivity (Wildman–Crippen MR) is 113 cm³/mol. The molecule has 0 spiro atoms. The first-order valence-corrected chi connectivity index (χ1v) is 10.3. The molecule has 3 rings (SSSR count). The van der Waals surface area contributed by atoms with Crippen LogP contribution in [0.15, 0.2) is 34.0 Å². The number of aliphatic hydroxyl groups excluding tert-OH is 1. The molecule has 1 aliphatic rings. The van der Waals surface area contributed by atoms with E-state index in [1.807, 2.05) is 0 Å². The van der Waals surface area contributed by atoms with Crippen molar-refractivity contribution in [2.75, 3.05) is 20.3 Å². The van der Waals surface area contributed by atoms with Crippen molar-refractivity contribution in [3.8, 4) is 5.69 Å². The van der Waals surface area contributed by atoms with Gasteiger partial charge in [-0.2, -0.15) is 9.78 Å². The maximum absolute atomic E-state index is 12.8. The molecule has 0 bridgehead atoms. The van der Waals surface area contributed by atoms with Gasteiger partial charge in [0.1, 0.15) is 6.20 Å². The third-order valence-corrected chi connectivity index (χ3v) is 5.60. The summed E-state index contributed by atoms with van der Waals surface area (Å²) in [5, 5.41) is 27.0. The molecule has 1 aromatic heterocycles. The Kier molecular flexibility index (Phi) is 7.26. The zero-order valence-electron chi connectivity index (χ0n) is 17.1. The molecular weight excluding hydrogens is 428 g/mol. The number of aliphatic hydroxyl groups is 2. The van der Waals surface area contributed by atoms with E-state index in [-0.39, 0.29) is 36.0 Å². The van der Waals surface area contributed by atoms with Crippen molar-refractivity contribution in [1.29, 1.82) is 0 Å². The second-order valence-electron chi connectivity index (χ2n) is 7.68. The number of halogens is 1. The van der Waals surface area contributed by atoms with Gasteiger partial charge in [0, 0.05) is 13.7 Å². The van der Waals surface area contributed by atoms with Crippen LogP contribution in [0.5, 0.6) is 0 Å². The van der Waals surface area contributed by atoms with Crippen LogP contribution in [0.1, 0.15) is 36.0 Å². The van der Waals surface area contributed by atoms with E-state index in [0.29, 0.717) is 12.8 Å². The van der Waals surface area contributed by atoms with Crippen LogP contribution in [0.4, 0.5) is 0 Å². The molecule has 1 fully saturated rings. The fraction of sp³-hybridized carbons (Fsp3) is 0.500. The van der Waals surface area contributed by atoms with Gasteiger partial charge in [0.05, 0.1) is 41.1 Å². The summed E-state index contributed by atoms with van der Waals surface area (Å²) in [7, 11) is 1.39. The second kappa shape index (κ2) is 9.73. The number of nitrogens with zero attached hydrogens (tertiary/aromatic N) is 3. The number of carbonyl (C=O) groups is 1. The minimum Gasteiger partial charge on any atom is -0.389 e. The molecule has 1 aliphatic carbocycles. The Morgan fingerprint density at radius 3 is 2.74 bits per heavy atom. The van der Waals surface area contributed by atoms with Crippen LogP contribution >= 0.6 is 11.6 Å². The van der Waals surface area contributed by atoms with Gasteiger partial charge in [-0.1, -0.05) is 24.4 Å². The standard InChI is InChI=1S/C20H25ClN4O6/c1-31-11-14(26)10-24-17(27)9-23-25(19(24)29)13-4-5-16(21)15(8-13)18(28)22-12-20(30)6-2-3-7-20/h4-5,8-9,14,26,30H,2-3,6-7,10-12H2,1H3,(H,22,28)/t14-/m1/s1. The highest BCUT2D eigenvalue weighted by Gasteiger charge is 2.31. The van der Waals surface area contributed by atoms with E-state index in [1.165, 1.54) is 25.3 Å². The van der Waals surface area contributed by atoms with Crippen LogP contribution in [0.2, 0.25) is 5.02 Å². The summed E-state index contributed by atoms with van der Waals surface area (Å²) < 4.78 is 6.60. The first kappa shape index (κ1) is 23.1. The molecule has 11 heteroatoms. The SMILES string of the molecule is COC[C@H](O)Cn1c(=O)cnn(-c2ccc(Cl)c(C(=O)NCC3(O)CCCC3)c2)c1=O. The second-order valence-corrected chi connectivity index (χ2v) is 8.08. The summed E-state index contributed by atoms with van der Waals surface area (Å²) in [5.41, 5.74) is -2.05. The largest absolute Gasteiger partial charge is 0.389 e. The highest BCUT2D eigenvalue weighted by Crippen LogP contribution is 2.29. The molecule has 10 nitrogen and oxygen atoms in total. The number of hydrogen-bond acceptors (Lipinski definition) is 7. The number of aromatic nitrogens is 3. The summed E-state index contributed by atoms with van der Waals surface area (Å²) in [4.78, 5) is 37.5. The van der Waals surface area contributed by atoms with Crippen molar-refractivity contribution in [3.05, 3.63) is 55.8 Å². The summed E-state index contributed by atoms with van der Waals surface area (Å²) in [6.07, 6.45) is 2.95. The van der Waals surface area contributed by atoms with E-state index in [4.69, 9.17) is 16.3 Å². The molecule has 2 aromatic rings. The van der Waals surface area contributed by atoms with E-state index in [0.717, 1.165) is 28.3 Å². The minimum atomic E-state index is -1.06. The lowest BCUT2D eigenvalue weighted by Gasteiger charge is -2.22. The van der Waals surface area contributed by atoms with Gasteiger partial charge in [-0.25, -0.2) is 4.79 Å². The highest BCUT2D eigenvalue weighted by molar-refractivity contribution is 6.33. The molecule has 0 unspecified atom stereocenters. The Bertz CT molecular complexity index is 1060. The Balaban J connectivity index is 1.88. The number of hydrogen-bond donors (Lipinski definition) is 3. The number of rotatable bonds is 8. The number of benzene rings is 1. The van der Waals surface area contributed by atoms with Crippen LogP contribution < -0.4 is 16.6 Å². The maximum Gasteiger partial charge on any atom is 0.352 e. The lowest BCUT2D eigenvalue weighted by molar-refractivity contribution is 0.0449. The van der Waals surface area contributed by atoms with Crippen LogP contribution in [-0.4, -0.2) is 62.4 Å². The molecule has 0 radical (unpaired) electrons. The fourth-order valence-electron chi connectivity index (χ4n) is 3.60. The molecule has 0 saturated heterocycles. The topological polar surface area (TPSA) is 136 Å². The monoisotopic (exact) mass is 452 g/mol. The Labute approximate surface area is 183 Å². The molecule has 168 valence electrons. The van der Waals surface area contributed by atoms with Crippen molar-refractivity contribution in [2.24, 2.45) is 0 Å². The van der Waals surface area contributed by atoms with Crippen molar-refractivity contribution < 1.29 is 19.7 Å². The first-order chi connectivity index (χ1) is 14.7. The number of methoxy groups -OCH3 is 1. The van der Waals surface area contributed by atoms with E-state index in [1.54, 1.807) is 0 Å². The van der Waals surface area contributed by atoms with Gasteiger partial charge >= 0.3 is 5.69 Å². The fourth-order valence-corrected chi connectivity index (χ4v) is 3.81. The zero-order valence-corrected chi connectivity index (χ0v) is 17.8. The van der Waals surface area contributed by atoms with Crippen LogP contribution in [0.3, 0.4) is 0 Å². The number of ether oxygens (including phenoxy) is 1. The molecular formula is C20H25ClN4O6. The number of carbonyl (C=O) groups excluding carboxylic acids is 1. The van der Waals surface area contributed by atoms with Gasteiger partial charge in [-0.15, -0.1) is 0 Å². The highest BCUT2D eigenvalue weighted by atomic mass is 35.5. The number of nitrogens with one attached hydrogen (secondary N) is 1. The molecule has 1 heterocycles. The van der Waals surface area contributed by atoms with Gasteiger partial charge in [-0.05, 0) is 31.0 Å². The lowest BCUT2D eigenvalue weighted by atomic mass is 10.0. The number of amides is 1. The Morgan fingerprint density at radius 1 is 1.35 bits per heavy atom. The van der Waals surface area contributed by atoms with Gasteiger partial charge in [0.25, 0.3) is 11.5 Å². The molecule has 1 amide bonds. The van der Waals surface area contributed by atoms with Gasteiger partial charge in [0.15, 0.2) is 0 Å².